The smallest absolute Gasteiger partial charge is 0.227 e. The number of carbonyl (C=O) groups excluding carboxylic acids is 1. The number of rotatable bonds is 4. The maximum atomic E-state index is 13.9. The Labute approximate surface area is 152 Å². The van der Waals surface area contributed by atoms with Gasteiger partial charge in [0, 0.05) is 28.7 Å². The molecule has 0 unspecified atom stereocenters. The second-order valence-corrected chi connectivity index (χ2v) is 7.08. The van der Waals surface area contributed by atoms with Crippen LogP contribution >= 0.6 is 11.6 Å². The van der Waals surface area contributed by atoms with Crippen LogP contribution in [0.5, 0.6) is 0 Å². The van der Waals surface area contributed by atoms with Crippen LogP contribution in [0, 0.1) is 18.7 Å². The molecule has 1 heterocycles. The number of carbonyl (C=O) groups is 1. The van der Waals surface area contributed by atoms with Crippen molar-refractivity contribution in [3.63, 3.8) is 0 Å². The topological polar surface area (TPSA) is 32.3 Å². The summed E-state index contributed by atoms with van der Waals surface area (Å²) in [7, 11) is 0. The lowest BCUT2D eigenvalue weighted by Crippen LogP contribution is -2.37. The molecular formula is C20H22ClFN2O. The van der Waals surface area contributed by atoms with Crippen molar-refractivity contribution in [2.45, 2.75) is 26.3 Å². The quantitative estimate of drug-likeness (QED) is 0.861. The summed E-state index contributed by atoms with van der Waals surface area (Å²) in [5.74, 6) is -0.193. The summed E-state index contributed by atoms with van der Waals surface area (Å²) in [6.45, 7) is 4.13. The molecule has 0 bridgehead atoms. The van der Waals surface area contributed by atoms with Crippen LogP contribution in [0.3, 0.4) is 0 Å². The van der Waals surface area contributed by atoms with Crippen LogP contribution in [0.4, 0.5) is 10.1 Å². The fourth-order valence-corrected chi connectivity index (χ4v) is 3.37. The number of hydrogen-bond acceptors (Lipinski definition) is 2. The van der Waals surface area contributed by atoms with E-state index in [-0.39, 0.29) is 17.6 Å². The van der Waals surface area contributed by atoms with Gasteiger partial charge in [0.1, 0.15) is 5.82 Å². The molecule has 25 heavy (non-hydrogen) atoms. The highest BCUT2D eigenvalue weighted by molar-refractivity contribution is 6.30. The standard InChI is InChI=1S/C20H22ClFN2O/c1-14-3-2-4-18(11-14)23-20(25)15-7-9-24(10-8-15)13-16-5-6-17(21)12-19(16)22/h2-6,11-12,15H,7-10,13H2,1H3,(H,23,25). The number of benzene rings is 2. The molecule has 1 amide bonds. The molecule has 1 aliphatic rings. The summed E-state index contributed by atoms with van der Waals surface area (Å²) in [5, 5.41) is 3.41. The second-order valence-electron chi connectivity index (χ2n) is 6.64. The Hall–Kier alpha value is -1.91. The predicted molar refractivity (Wildman–Crippen MR) is 99.2 cm³/mol. The summed E-state index contributed by atoms with van der Waals surface area (Å²) < 4.78 is 13.9. The molecular weight excluding hydrogens is 339 g/mol. The molecule has 0 radical (unpaired) electrons. The lowest BCUT2D eigenvalue weighted by atomic mass is 9.95. The summed E-state index contributed by atoms with van der Waals surface area (Å²) in [4.78, 5) is 14.6. The molecule has 1 saturated heterocycles. The molecule has 3 nitrogen and oxygen atoms in total. The molecule has 5 heteroatoms. The summed E-state index contributed by atoms with van der Waals surface area (Å²) in [6.07, 6.45) is 1.57. The van der Waals surface area contributed by atoms with Crippen molar-refractivity contribution in [2.75, 3.05) is 18.4 Å². The third-order valence-electron chi connectivity index (χ3n) is 4.65. The average Bonchev–Trinajstić information content (AvgIpc) is 2.58. The number of amides is 1. The molecule has 0 spiro atoms. The maximum Gasteiger partial charge on any atom is 0.227 e. The van der Waals surface area contributed by atoms with Crippen LogP contribution in [-0.2, 0) is 11.3 Å². The van der Waals surface area contributed by atoms with Gasteiger partial charge in [-0.25, -0.2) is 4.39 Å². The molecule has 2 aromatic carbocycles. The van der Waals surface area contributed by atoms with Crippen LogP contribution in [0.1, 0.15) is 24.0 Å². The van der Waals surface area contributed by atoms with Gasteiger partial charge in [-0.15, -0.1) is 0 Å². The highest BCUT2D eigenvalue weighted by Crippen LogP contribution is 2.23. The van der Waals surface area contributed by atoms with Crippen molar-refractivity contribution in [1.82, 2.24) is 4.90 Å². The van der Waals surface area contributed by atoms with Crippen LogP contribution in [0.25, 0.3) is 0 Å². The SMILES string of the molecule is Cc1cccc(NC(=O)C2CCN(Cc3ccc(Cl)cc3F)CC2)c1. The molecule has 0 saturated carbocycles. The van der Waals surface area contributed by atoms with Gasteiger partial charge in [-0.1, -0.05) is 29.8 Å². The van der Waals surface area contributed by atoms with E-state index in [0.29, 0.717) is 17.1 Å². The van der Waals surface area contributed by atoms with Crippen molar-refractivity contribution < 1.29 is 9.18 Å². The second kappa shape index (κ2) is 7.98. The Bertz CT molecular complexity index is 757. The Morgan fingerprint density at radius 2 is 2.00 bits per heavy atom. The van der Waals surface area contributed by atoms with Gasteiger partial charge >= 0.3 is 0 Å². The summed E-state index contributed by atoms with van der Waals surface area (Å²) in [5.41, 5.74) is 2.61. The molecule has 1 fully saturated rings. The van der Waals surface area contributed by atoms with Crippen molar-refractivity contribution in [2.24, 2.45) is 5.92 Å². The van der Waals surface area contributed by atoms with Crippen molar-refractivity contribution in [3.05, 3.63) is 64.4 Å². The number of anilines is 1. The van der Waals surface area contributed by atoms with Crippen molar-refractivity contribution in [3.8, 4) is 0 Å². The van der Waals surface area contributed by atoms with Crippen LogP contribution in [-0.4, -0.2) is 23.9 Å². The van der Waals surface area contributed by atoms with Gasteiger partial charge < -0.3 is 5.32 Å². The first-order chi connectivity index (χ1) is 12.0. The molecule has 3 rings (SSSR count). The largest absolute Gasteiger partial charge is 0.326 e. The lowest BCUT2D eigenvalue weighted by molar-refractivity contribution is -0.121. The van der Waals surface area contributed by atoms with E-state index in [9.17, 15) is 9.18 Å². The number of nitrogens with one attached hydrogen (secondary N) is 1. The van der Waals surface area contributed by atoms with E-state index in [2.05, 4.69) is 10.2 Å². The van der Waals surface area contributed by atoms with Gasteiger partial charge in [0.15, 0.2) is 0 Å². The third kappa shape index (κ3) is 4.80. The zero-order valence-electron chi connectivity index (χ0n) is 14.3. The summed E-state index contributed by atoms with van der Waals surface area (Å²) >= 11 is 5.79. The minimum absolute atomic E-state index is 0.00632. The summed E-state index contributed by atoms with van der Waals surface area (Å²) in [6, 6.07) is 12.6. The van der Waals surface area contributed by atoms with E-state index in [1.807, 2.05) is 31.2 Å². The highest BCUT2D eigenvalue weighted by atomic mass is 35.5. The van der Waals surface area contributed by atoms with Crippen LogP contribution < -0.4 is 5.32 Å². The lowest BCUT2D eigenvalue weighted by Gasteiger charge is -2.31. The van der Waals surface area contributed by atoms with Crippen molar-refractivity contribution >= 4 is 23.2 Å². The van der Waals surface area contributed by atoms with Gasteiger partial charge in [0.25, 0.3) is 0 Å². The van der Waals surface area contributed by atoms with E-state index >= 15 is 0 Å². The van der Waals surface area contributed by atoms with E-state index in [1.54, 1.807) is 12.1 Å². The Morgan fingerprint density at radius 3 is 2.68 bits per heavy atom. The minimum Gasteiger partial charge on any atom is -0.326 e. The number of halogens is 2. The molecule has 1 N–H and O–H groups in total. The third-order valence-corrected chi connectivity index (χ3v) is 4.89. The fraction of sp³-hybridized carbons (Fsp3) is 0.350. The van der Waals surface area contributed by atoms with E-state index < -0.39 is 0 Å². The van der Waals surface area contributed by atoms with E-state index in [1.165, 1.54) is 6.07 Å². The van der Waals surface area contributed by atoms with Gasteiger partial charge in [-0.3, -0.25) is 9.69 Å². The Morgan fingerprint density at radius 1 is 1.24 bits per heavy atom. The van der Waals surface area contributed by atoms with Crippen molar-refractivity contribution in [1.29, 1.82) is 0 Å². The van der Waals surface area contributed by atoms with Crippen LogP contribution in [0.15, 0.2) is 42.5 Å². The van der Waals surface area contributed by atoms with Gasteiger partial charge in [-0.2, -0.15) is 0 Å². The average molecular weight is 361 g/mol. The molecule has 1 aliphatic heterocycles. The zero-order valence-corrected chi connectivity index (χ0v) is 15.0. The maximum absolute atomic E-state index is 13.9. The van der Waals surface area contributed by atoms with Crippen LogP contribution in [0.2, 0.25) is 5.02 Å². The molecule has 0 aliphatic carbocycles. The number of aryl methyl sites for hydroxylation is 1. The van der Waals surface area contributed by atoms with Gasteiger partial charge in [-0.05, 0) is 62.7 Å². The van der Waals surface area contributed by atoms with Gasteiger partial charge in [0.05, 0.1) is 0 Å². The molecule has 132 valence electrons. The Kier molecular flexibility index (Phi) is 5.71. The first kappa shape index (κ1) is 17.9. The number of likely N-dealkylation sites (tertiary alicyclic amines) is 1. The Balaban J connectivity index is 1.52. The highest BCUT2D eigenvalue weighted by Gasteiger charge is 2.25. The first-order valence-electron chi connectivity index (χ1n) is 8.55. The fourth-order valence-electron chi connectivity index (χ4n) is 3.21. The number of nitrogens with zero attached hydrogens (tertiary/aromatic N) is 1. The predicted octanol–water partition coefficient (Wildman–Crippen LogP) is 4.64. The molecule has 0 atom stereocenters. The first-order valence-corrected chi connectivity index (χ1v) is 8.93. The normalized spacial score (nSPS) is 16.0. The zero-order chi connectivity index (χ0) is 17.8. The van der Waals surface area contributed by atoms with Gasteiger partial charge in [0.2, 0.25) is 5.91 Å². The number of hydrogen-bond donors (Lipinski definition) is 1. The monoisotopic (exact) mass is 360 g/mol. The number of piperidine rings is 1. The molecule has 0 aromatic heterocycles. The molecule has 2 aromatic rings. The van der Waals surface area contributed by atoms with E-state index in [4.69, 9.17) is 11.6 Å². The van der Waals surface area contributed by atoms with E-state index in [0.717, 1.165) is 37.2 Å². The minimum atomic E-state index is -0.271.